The van der Waals surface area contributed by atoms with E-state index in [1.165, 1.54) is 11.3 Å². The van der Waals surface area contributed by atoms with Gasteiger partial charge >= 0.3 is 6.03 Å². The highest BCUT2D eigenvalue weighted by Gasteiger charge is 2.29. The van der Waals surface area contributed by atoms with Gasteiger partial charge in [-0.1, -0.05) is 36.2 Å². The number of urea groups is 1. The van der Waals surface area contributed by atoms with Crippen molar-refractivity contribution in [3.63, 3.8) is 0 Å². The van der Waals surface area contributed by atoms with Gasteiger partial charge in [-0.25, -0.2) is 9.78 Å². The summed E-state index contributed by atoms with van der Waals surface area (Å²) < 4.78 is 6.15. The molecule has 10 heteroatoms. The second kappa shape index (κ2) is 9.80. The third kappa shape index (κ3) is 4.79. The van der Waals surface area contributed by atoms with Gasteiger partial charge in [0.1, 0.15) is 11.8 Å². The predicted octanol–water partition coefficient (Wildman–Crippen LogP) is 2.28. The number of carbonyl (C=O) groups is 3. The number of amides is 4. The molecule has 0 radical (unpaired) electrons. The van der Waals surface area contributed by atoms with Crippen molar-refractivity contribution in [3.05, 3.63) is 52.6 Å². The normalized spacial score (nSPS) is 13.1. The number of benzene rings is 2. The Balaban J connectivity index is 1.60. The first-order valence-corrected chi connectivity index (χ1v) is 11.4. The van der Waals surface area contributed by atoms with Crippen LogP contribution in [0.4, 0.5) is 9.93 Å². The number of imide groups is 1. The minimum absolute atomic E-state index is 0.144. The maximum atomic E-state index is 12.9. The van der Waals surface area contributed by atoms with Crippen molar-refractivity contribution in [2.24, 2.45) is 0 Å². The number of hydrogen-bond donors (Lipinski definition) is 3. The molecule has 1 atom stereocenters. The quantitative estimate of drug-likeness (QED) is 0.369. The van der Waals surface area contributed by atoms with Gasteiger partial charge in [0.2, 0.25) is 6.41 Å². The summed E-state index contributed by atoms with van der Waals surface area (Å²) in [5, 5.41) is 5.19. The van der Waals surface area contributed by atoms with Gasteiger partial charge < -0.3 is 20.7 Å². The van der Waals surface area contributed by atoms with Crippen LogP contribution in [-0.2, 0) is 17.8 Å². The van der Waals surface area contributed by atoms with Crippen molar-refractivity contribution < 1.29 is 19.1 Å². The highest BCUT2D eigenvalue weighted by Crippen LogP contribution is 2.29. The third-order valence-corrected chi connectivity index (χ3v) is 6.29. The smallest absolute Gasteiger partial charge is 0.322 e. The fourth-order valence-electron chi connectivity index (χ4n) is 3.84. The summed E-state index contributed by atoms with van der Waals surface area (Å²) in [5.74, 6) is 6.56. The topological polar surface area (TPSA) is 127 Å². The zero-order chi connectivity index (χ0) is 24.2. The Labute approximate surface area is 200 Å². The first-order chi connectivity index (χ1) is 16.4. The highest BCUT2D eigenvalue weighted by molar-refractivity contribution is 7.22. The zero-order valence-corrected chi connectivity index (χ0v) is 19.5. The Kier molecular flexibility index (Phi) is 6.65. The van der Waals surface area contributed by atoms with Crippen molar-refractivity contribution in [1.29, 1.82) is 0 Å². The molecule has 0 bridgehead atoms. The Morgan fingerprint density at radius 3 is 2.94 bits per heavy atom. The Bertz CT molecular complexity index is 1340. The van der Waals surface area contributed by atoms with Gasteiger partial charge in [-0.15, -0.1) is 0 Å². The number of nitrogens with one attached hydrogen (secondary N) is 2. The van der Waals surface area contributed by atoms with Crippen LogP contribution in [0.1, 0.15) is 34.0 Å². The number of hydrogen-bond acceptors (Lipinski definition) is 7. The first kappa shape index (κ1) is 23.1. The van der Waals surface area contributed by atoms with E-state index in [0.29, 0.717) is 29.4 Å². The van der Waals surface area contributed by atoms with Crippen LogP contribution in [0.15, 0.2) is 30.3 Å². The monoisotopic (exact) mass is 477 g/mol. The molecule has 4 amide bonds. The number of thiazole rings is 1. The molecule has 0 fully saturated rings. The van der Waals surface area contributed by atoms with Crippen LogP contribution in [-0.4, -0.2) is 47.9 Å². The molecule has 3 aromatic rings. The number of anilines is 1. The summed E-state index contributed by atoms with van der Waals surface area (Å²) in [6.45, 7) is 2.56. The molecule has 0 aliphatic carbocycles. The number of rotatable bonds is 6. The van der Waals surface area contributed by atoms with Crippen molar-refractivity contribution in [3.8, 4) is 17.6 Å². The summed E-state index contributed by atoms with van der Waals surface area (Å²) in [7, 11) is 1.54. The standard InChI is InChI=1S/C24H23N5O4S/c1-3-15-8-14(9-20-21(15)28-23(25)34-20)4-6-17(27-24(32)26-13-30)12-29-11-16-5-7-18(33-2)10-19(16)22(29)31/h5,7-10,13,17H,3,11-12H2,1-2H3,(H2,25,28)(H2,26,27,30,32)/t17-/m1/s1. The van der Waals surface area contributed by atoms with E-state index < -0.39 is 12.1 Å². The molecule has 0 saturated carbocycles. The third-order valence-electron chi connectivity index (χ3n) is 5.46. The van der Waals surface area contributed by atoms with Gasteiger partial charge in [0.25, 0.3) is 5.91 Å². The fourth-order valence-corrected chi connectivity index (χ4v) is 4.67. The van der Waals surface area contributed by atoms with Gasteiger partial charge in [0.15, 0.2) is 5.13 Å². The van der Waals surface area contributed by atoms with Gasteiger partial charge in [-0.3, -0.25) is 14.9 Å². The van der Waals surface area contributed by atoms with E-state index in [1.54, 1.807) is 24.1 Å². The molecule has 9 nitrogen and oxygen atoms in total. The molecular formula is C24H23N5O4S. The zero-order valence-electron chi connectivity index (χ0n) is 18.7. The number of fused-ring (bicyclic) bond motifs is 2. The molecule has 2 aromatic carbocycles. The Morgan fingerprint density at radius 1 is 1.38 bits per heavy atom. The molecule has 4 rings (SSSR count). The lowest BCUT2D eigenvalue weighted by molar-refractivity contribution is -0.108. The molecule has 1 aliphatic rings. The SMILES string of the molecule is CCc1cc(C#C[C@H](CN2Cc3ccc(OC)cc3C2=O)NC(=O)NC=O)cc2sc(N)nc12. The number of aromatic nitrogens is 1. The van der Waals surface area contributed by atoms with Crippen LogP contribution in [0, 0.1) is 11.8 Å². The minimum Gasteiger partial charge on any atom is -0.497 e. The van der Waals surface area contributed by atoms with Crippen molar-refractivity contribution in [2.75, 3.05) is 19.4 Å². The van der Waals surface area contributed by atoms with Crippen molar-refractivity contribution in [1.82, 2.24) is 20.5 Å². The second-order valence-corrected chi connectivity index (χ2v) is 8.72. The lowest BCUT2D eigenvalue weighted by Crippen LogP contribution is -2.46. The molecule has 0 saturated heterocycles. The van der Waals surface area contributed by atoms with E-state index in [-0.39, 0.29) is 12.5 Å². The number of nitrogens with zero attached hydrogens (tertiary/aromatic N) is 2. The summed E-state index contributed by atoms with van der Waals surface area (Å²) in [6.07, 6.45) is 1.06. The summed E-state index contributed by atoms with van der Waals surface area (Å²) >= 11 is 1.39. The van der Waals surface area contributed by atoms with Crippen LogP contribution < -0.4 is 21.1 Å². The summed E-state index contributed by atoms with van der Waals surface area (Å²) in [4.78, 5) is 41.6. The van der Waals surface area contributed by atoms with Gasteiger partial charge in [0.05, 0.1) is 23.9 Å². The number of ether oxygens (including phenoxy) is 1. The van der Waals surface area contributed by atoms with Crippen LogP contribution >= 0.6 is 11.3 Å². The minimum atomic E-state index is -0.715. The van der Waals surface area contributed by atoms with E-state index >= 15 is 0 Å². The van der Waals surface area contributed by atoms with Crippen molar-refractivity contribution >= 4 is 45.0 Å². The van der Waals surface area contributed by atoms with Crippen LogP contribution in [0.25, 0.3) is 10.2 Å². The van der Waals surface area contributed by atoms with Gasteiger partial charge in [-0.2, -0.15) is 0 Å². The van der Waals surface area contributed by atoms with Crippen LogP contribution in [0.2, 0.25) is 0 Å². The predicted molar refractivity (Wildman–Crippen MR) is 130 cm³/mol. The number of nitrogen functional groups attached to an aromatic ring is 1. The summed E-state index contributed by atoms with van der Waals surface area (Å²) in [5.41, 5.74) is 9.94. The van der Waals surface area contributed by atoms with E-state index in [9.17, 15) is 14.4 Å². The van der Waals surface area contributed by atoms with Gasteiger partial charge in [0, 0.05) is 17.7 Å². The molecule has 1 aromatic heterocycles. The van der Waals surface area contributed by atoms with E-state index in [1.807, 2.05) is 30.4 Å². The maximum absolute atomic E-state index is 12.9. The Morgan fingerprint density at radius 2 is 2.21 bits per heavy atom. The lowest BCUT2D eigenvalue weighted by atomic mass is 10.1. The lowest BCUT2D eigenvalue weighted by Gasteiger charge is -2.21. The average molecular weight is 478 g/mol. The molecule has 174 valence electrons. The molecule has 2 heterocycles. The number of aryl methyl sites for hydroxylation is 1. The molecule has 1 aliphatic heterocycles. The number of carbonyl (C=O) groups excluding carboxylic acids is 3. The highest BCUT2D eigenvalue weighted by atomic mass is 32.1. The van der Waals surface area contributed by atoms with Gasteiger partial charge in [-0.05, 0) is 41.8 Å². The molecule has 4 N–H and O–H groups in total. The van der Waals surface area contributed by atoms with E-state index in [2.05, 4.69) is 22.1 Å². The Hall–Kier alpha value is -4.10. The second-order valence-electron chi connectivity index (χ2n) is 7.65. The molecule has 0 spiro atoms. The maximum Gasteiger partial charge on any atom is 0.322 e. The first-order valence-electron chi connectivity index (χ1n) is 10.6. The van der Waals surface area contributed by atoms with Crippen molar-refractivity contribution in [2.45, 2.75) is 25.9 Å². The van der Waals surface area contributed by atoms with E-state index in [0.717, 1.165) is 33.3 Å². The average Bonchev–Trinajstić information content (AvgIpc) is 3.35. The van der Waals surface area contributed by atoms with E-state index in [4.69, 9.17) is 10.5 Å². The molecule has 0 unspecified atom stereocenters. The van der Waals surface area contributed by atoms with Crippen LogP contribution in [0.5, 0.6) is 5.75 Å². The molecule has 34 heavy (non-hydrogen) atoms. The number of methoxy groups -OCH3 is 1. The number of nitrogens with two attached hydrogens (primary N) is 1. The summed E-state index contributed by atoms with van der Waals surface area (Å²) in [6, 6.07) is 7.79. The fraction of sp³-hybridized carbons (Fsp3) is 0.250. The largest absolute Gasteiger partial charge is 0.497 e. The van der Waals surface area contributed by atoms with Crippen LogP contribution in [0.3, 0.4) is 0 Å². The molecular weight excluding hydrogens is 454 g/mol.